The number of methoxy groups -OCH3 is 1. The zero-order valence-corrected chi connectivity index (χ0v) is 12.3. The number of hydrazine groups is 1. The normalized spacial score (nSPS) is 9.95. The van der Waals surface area contributed by atoms with Gasteiger partial charge in [0.15, 0.2) is 0 Å². The van der Waals surface area contributed by atoms with Gasteiger partial charge in [0.2, 0.25) is 0 Å². The van der Waals surface area contributed by atoms with E-state index in [1.807, 2.05) is 0 Å². The molecule has 0 fully saturated rings. The first kappa shape index (κ1) is 15.8. The zero-order valence-electron chi connectivity index (χ0n) is 11.5. The molecular weight excluding hydrogens is 311 g/mol. The van der Waals surface area contributed by atoms with E-state index >= 15 is 0 Å². The largest absolute Gasteiger partial charge is 0.496 e. The molecule has 0 saturated carbocycles. The Balaban J connectivity index is 2.05. The molecule has 0 radical (unpaired) electrons. The summed E-state index contributed by atoms with van der Waals surface area (Å²) in [6.45, 7) is 0. The summed E-state index contributed by atoms with van der Waals surface area (Å²) in [4.78, 5) is 23.8. The highest BCUT2D eigenvalue weighted by Gasteiger charge is 2.14. The van der Waals surface area contributed by atoms with E-state index in [0.717, 1.165) is 6.07 Å². The highest BCUT2D eigenvalue weighted by molar-refractivity contribution is 6.30. The van der Waals surface area contributed by atoms with Gasteiger partial charge in [0.1, 0.15) is 11.6 Å². The van der Waals surface area contributed by atoms with Crippen LogP contribution in [0.25, 0.3) is 0 Å². The van der Waals surface area contributed by atoms with Crippen molar-refractivity contribution in [1.29, 1.82) is 0 Å². The molecule has 0 aliphatic rings. The Morgan fingerprint density at radius 2 is 1.68 bits per heavy atom. The molecule has 2 aromatic rings. The second-order valence-corrected chi connectivity index (χ2v) is 4.70. The zero-order chi connectivity index (χ0) is 16.1. The van der Waals surface area contributed by atoms with Gasteiger partial charge in [0.05, 0.1) is 12.7 Å². The van der Waals surface area contributed by atoms with Crippen LogP contribution in [-0.2, 0) is 0 Å². The van der Waals surface area contributed by atoms with Crippen molar-refractivity contribution >= 4 is 23.4 Å². The van der Waals surface area contributed by atoms with Gasteiger partial charge in [0.25, 0.3) is 11.8 Å². The molecule has 2 amide bonds. The molecule has 0 spiro atoms. The summed E-state index contributed by atoms with van der Waals surface area (Å²) in [5, 5.41) is 0.491. The van der Waals surface area contributed by atoms with E-state index in [4.69, 9.17) is 16.3 Å². The van der Waals surface area contributed by atoms with Gasteiger partial charge in [-0.3, -0.25) is 20.4 Å². The molecule has 114 valence electrons. The third-order valence-electron chi connectivity index (χ3n) is 2.80. The summed E-state index contributed by atoms with van der Waals surface area (Å²) in [5.41, 5.74) is 4.71. The maximum atomic E-state index is 13.2. The Hall–Kier alpha value is -2.60. The average molecular weight is 323 g/mol. The summed E-state index contributed by atoms with van der Waals surface area (Å²) in [6, 6.07) is 9.62. The molecule has 22 heavy (non-hydrogen) atoms. The van der Waals surface area contributed by atoms with Crippen molar-refractivity contribution < 1.29 is 18.7 Å². The van der Waals surface area contributed by atoms with E-state index in [1.54, 1.807) is 12.1 Å². The Morgan fingerprint density at radius 3 is 2.32 bits per heavy atom. The summed E-state index contributed by atoms with van der Waals surface area (Å²) < 4.78 is 18.2. The number of benzene rings is 2. The van der Waals surface area contributed by atoms with Gasteiger partial charge in [-0.25, -0.2) is 4.39 Å². The number of carbonyl (C=O) groups excluding carboxylic acids is 2. The molecule has 2 rings (SSSR count). The number of nitrogens with one attached hydrogen (secondary N) is 2. The van der Waals surface area contributed by atoms with Gasteiger partial charge in [-0.15, -0.1) is 0 Å². The number of carbonyl (C=O) groups is 2. The van der Waals surface area contributed by atoms with Crippen LogP contribution in [0.2, 0.25) is 5.02 Å². The Labute approximate surface area is 131 Å². The molecule has 5 nitrogen and oxygen atoms in total. The number of ether oxygens (including phenoxy) is 1. The molecule has 0 unspecified atom stereocenters. The van der Waals surface area contributed by atoms with Crippen molar-refractivity contribution in [3.05, 3.63) is 64.4 Å². The van der Waals surface area contributed by atoms with E-state index in [1.165, 1.54) is 31.4 Å². The van der Waals surface area contributed by atoms with E-state index in [9.17, 15) is 14.0 Å². The molecule has 7 heteroatoms. The topological polar surface area (TPSA) is 67.4 Å². The molecule has 0 aliphatic carbocycles. The first-order chi connectivity index (χ1) is 10.5. The van der Waals surface area contributed by atoms with Gasteiger partial charge in [-0.2, -0.15) is 0 Å². The van der Waals surface area contributed by atoms with Gasteiger partial charge < -0.3 is 4.74 Å². The smallest absolute Gasteiger partial charge is 0.273 e. The van der Waals surface area contributed by atoms with Crippen LogP contribution in [0.1, 0.15) is 20.7 Å². The van der Waals surface area contributed by atoms with Crippen molar-refractivity contribution in [1.82, 2.24) is 10.9 Å². The molecule has 0 aromatic heterocycles. The average Bonchev–Trinajstić information content (AvgIpc) is 2.53. The summed E-state index contributed by atoms with van der Waals surface area (Å²) in [6.07, 6.45) is 0. The van der Waals surface area contributed by atoms with Gasteiger partial charge in [-0.1, -0.05) is 11.6 Å². The van der Waals surface area contributed by atoms with E-state index < -0.39 is 17.6 Å². The molecule has 0 atom stereocenters. The third kappa shape index (κ3) is 3.73. The second kappa shape index (κ2) is 6.91. The van der Waals surface area contributed by atoms with Crippen LogP contribution in [0, 0.1) is 5.82 Å². The lowest BCUT2D eigenvalue weighted by Gasteiger charge is -2.10. The lowest BCUT2D eigenvalue weighted by molar-refractivity contribution is 0.0844. The molecule has 0 saturated heterocycles. The van der Waals surface area contributed by atoms with Crippen LogP contribution < -0.4 is 15.6 Å². The van der Waals surface area contributed by atoms with Crippen molar-refractivity contribution in [3.63, 3.8) is 0 Å². The molecule has 2 N–H and O–H groups in total. The fraction of sp³-hybridized carbons (Fsp3) is 0.0667. The SMILES string of the molecule is COc1ccc(F)cc1C(=O)NNC(=O)c1ccc(Cl)cc1. The summed E-state index contributed by atoms with van der Waals surface area (Å²) in [7, 11) is 1.36. The van der Waals surface area contributed by atoms with Gasteiger partial charge in [-0.05, 0) is 42.5 Å². The van der Waals surface area contributed by atoms with Crippen LogP contribution in [0.15, 0.2) is 42.5 Å². The molecule has 0 heterocycles. The first-order valence-electron chi connectivity index (χ1n) is 6.21. The van der Waals surface area contributed by atoms with Crippen molar-refractivity contribution in [3.8, 4) is 5.75 Å². The fourth-order valence-corrected chi connectivity index (χ4v) is 1.84. The predicted octanol–water partition coefficient (Wildman–Crippen LogP) is 2.56. The standard InChI is InChI=1S/C15H12ClFN2O3/c1-22-13-7-6-11(17)8-12(13)15(21)19-18-14(20)9-2-4-10(16)5-3-9/h2-8H,1H3,(H,18,20)(H,19,21). The van der Waals surface area contributed by atoms with Crippen LogP contribution in [0.4, 0.5) is 4.39 Å². The maximum absolute atomic E-state index is 13.2. The number of hydrogen-bond donors (Lipinski definition) is 2. The molecule has 0 bridgehead atoms. The van der Waals surface area contributed by atoms with Crippen molar-refractivity contribution in [2.45, 2.75) is 0 Å². The van der Waals surface area contributed by atoms with E-state index in [2.05, 4.69) is 10.9 Å². The van der Waals surface area contributed by atoms with Crippen LogP contribution >= 0.6 is 11.6 Å². The number of hydrogen-bond acceptors (Lipinski definition) is 3. The fourth-order valence-electron chi connectivity index (χ4n) is 1.71. The number of halogens is 2. The lowest BCUT2D eigenvalue weighted by Crippen LogP contribution is -2.41. The maximum Gasteiger partial charge on any atom is 0.273 e. The van der Waals surface area contributed by atoms with Crippen molar-refractivity contribution in [2.24, 2.45) is 0 Å². The van der Waals surface area contributed by atoms with Crippen molar-refractivity contribution in [2.75, 3.05) is 7.11 Å². The van der Waals surface area contributed by atoms with Crippen LogP contribution in [0.5, 0.6) is 5.75 Å². The third-order valence-corrected chi connectivity index (χ3v) is 3.05. The summed E-state index contributed by atoms with van der Waals surface area (Å²) in [5.74, 6) is -1.62. The minimum Gasteiger partial charge on any atom is -0.496 e. The molecule has 2 aromatic carbocycles. The number of amides is 2. The van der Waals surface area contributed by atoms with Crippen LogP contribution in [-0.4, -0.2) is 18.9 Å². The van der Waals surface area contributed by atoms with Gasteiger partial charge in [0, 0.05) is 10.6 Å². The summed E-state index contributed by atoms with van der Waals surface area (Å²) >= 11 is 5.72. The number of rotatable bonds is 3. The monoisotopic (exact) mass is 322 g/mol. The minimum absolute atomic E-state index is 0.0288. The highest BCUT2D eigenvalue weighted by atomic mass is 35.5. The lowest BCUT2D eigenvalue weighted by atomic mass is 10.2. The molecular formula is C15H12ClFN2O3. The molecule has 0 aliphatic heterocycles. The Morgan fingerprint density at radius 1 is 1.05 bits per heavy atom. The Bertz CT molecular complexity index is 704. The van der Waals surface area contributed by atoms with Crippen LogP contribution in [0.3, 0.4) is 0 Å². The highest BCUT2D eigenvalue weighted by Crippen LogP contribution is 2.18. The first-order valence-corrected chi connectivity index (χ1v) is 6.59. The van der Waals surface area contributed by atoms with E-state index in [0.29, 0.717) is 10.6 Å². The second-order valence-electron chi connectivity index (χ2n) is 4.26. The van der Waals surface area contributed by atoms with E-state index in [-0.39, 0.29) is 11.3 Å². The predicted molar refractivity (Wildman–Crippen MR) is 79.3 cm³/mol. The van der Waals surface area contributed by atoms with Gasteiger partial charge >= 0.3 is 0 Å². The minimum atomic E-state index is -0.696. The Kier molecular flexibility index (Phi) is 4.95. The quantitative estimate of drug-likeness (QED) is 0.853.